The summed E-state index contributed by atoms with van der Waals surface area (Å²) in [5.74, 6) is -1.77. The normalized spacial score (nSPS) is 13.3. The molecule has 0 saturated heterocycles. The Kier molecular flexibility index (Phi) is 5.93. The van der Waals surface area contributed by atoms with Gasteiger partial charge in [0.05, 0.1) is 17.8 Å². The lowest BCUT2D eigenvalue weighted by atomic mass is 9.95. The Morgan fingerprint density at radius 1 is 1.30 bits per heavy atom. The number of likely N-dealkylation sites (N-methyl/N-ethyl adjacent to an activating group) is 1. The van der Waals surface area contributed by atoms with E-state index in [9.17, 15) is 14.7 Å². The first-order valence-electron chi connectivity index (χ1n) is 6.40. The highest BCUT2D eigenvalue weighted by Gasteiger charge is 2.26. The van der Waals surface area contributed by atoms with Gasteiger partial charge in [0.15, 0.2) is 0 Å². The molecule has 0 aliphatic heterocycles. The maximum atomic E-state index is 12.1. The average molecular weight is 277 g/mol. The second-order valence-electron chi connectivity index (χ2n) is 4.19. The van der Waals surface area contributed by atoms with Gasteiger partial charge in [-0.2, -0.15) is 0 Å². The van der Waals surface area contributed by atoms with Gasteiger partial charge in [0.25, 0.3) is 0 Å². The fourth-order valence-electron chi connectivity index (χ4n) is 1.85. The zero-order valence-electron chi connectivity index (χ0n) is 11.8. The molecule has 0 amide bonds. The molecule has 0 saturated carbocycles. The molecule has 0 spiro atoms. The molecule has 1 rings (SSSR count). The number of aliphatic carboxylic acids is 1. The standard InChI is InChI=1S/C15H19NO4/c1-4-20-15(19)12(10(2)16-3)13(14(17)18)11-8-6-5-7-9-11/h5-10,16H,4H2,1-3H3,(H,17,18)/b13-12-. The number of benzene rings is 1. The SMILES string of the molecule is CCOC(=O)/C(=C(\C(=O)O)c1ccccc1)C(C)NC. The summed E-state index contributed by atoms with van der Waals surface area (Å²) in [6.45, 7) is 3.60. The third-order valence-electron chi connectivity index (χ3n) is 2.91. The Labute approximate surface area is 118 Å². The lowest BCUT2D eigenvalue weighted by Gasteiger charge is -2.17. The van der Waals surface area contributed by atoms with Crippen LogP contribution in [0.2, 0.25) is 0 Å². The Bertz CT molecular complexity index is 508. The molecule has 108 valence electrons. The lowest BCUT2D eigenvalue weighted by Crippen LogP contribution is -2.31. The molecule has 0 aliphatic rings. The van der Waals surface area contributed by atoms with Crippen molar-refractivity contribution in [1.82, 2.24) is 5.32 Å². The van der Waals surface area contributed by atoms with E-state index in [1.54, 1.807) is 51.2 Å². The van der Waals surface area contributed by atoms with Gasteiger partial charge in [-0.05, 0) is 26.5 Å². The van der Waals surface area contributed by atoms with Crippen LogP contribution < -0.4 is 5.32 Å². The van der Waals surface area contributed by atoms with Crippen molar-refractivity contribution in [1.29, 1.82) is 0 Å². The highest BCUT2D eigenvalue weighted by atomic mass is 16.5. The van der Waals surface area contributed by atoms with Crippen LogP contribution in [0.3, 0.4) is 0 Å². The fourth-order valence-corrected chi connectivity index (χ4v) is 1.85. The van der Waals surface area contributed by atoms with E-state index in [0.29, 0.717) is 5.56 Å². The summed E-state index contributed by atoms with van der Waals surface area (Å²) < 4.78 is 4.98. The van der Waals surface area contributed by atoms with Gasteiger partial charge in [0, 0.05) is 6.04 Å². The number of nitrogens with one attached hydrogen (secondary N) is 1. The predicted octanol–water partition coefficient (Wildman–Crippen LogP) is 1.70. The van der Waals surface area contributed by atoms with Gasteiger partial charge < -0.3 is 15.2 Å². The number of carbonyl (C=O) groups excluding carboxylic acids is 1. The van der Waals surface area contributed by atoms with Gasteiger partial charge in [-0.1, -0.05) is 30.3 Å². The molecule has 0 heterocycles. The summed E-state index contributed by atoms with van der Waals surface area (Å²) in [5, 5.41) is 12.4. The third-order valence-corrected chi connectivity index (χ3v) is 2.91. The number of esters is 1. The van der Waals surface area contributed by atoms with Crippen LogP contribution in [0.4, 0.5) is 0 Å². The summed E-state index contributed by atoms with van der Waals surface area (Å²) >= 11 is 0. The van der Waals surface area contributed by atoms with E-state index in [2.05, 4.69) is 5.32 Å². The quantitative estimate of drug-likeness (QED) is 0.611. The van der Waals surface area contributed by atoms with Crippen LogP contribution >= 0.6 is 0 Å². The topological polar surface area (TPSA) is 75.6 Å². The van der Waals surface area contributed by atoms with E-state index in [4.69, 9.17) is 4.74 Å². The molecule has 5 heteroatoms. The Balaban J connectivity index is 3.47. The predicted molar refractivity (Wildman–Crippen MR) is 76.2 cm³/mol. The number of carboxylic acids is 1. The van der Waals surface area contributed by atoms with Crippen molar-refractivity contribution < 1.29 is 19.4 Å². The number of hydrogen-bond acceptors (Lipinski definition) is 4. The second kappa shape index (κ2) is 7.45. The number of hydrogen-bond donors (Lipinski definition) is 2. The molecule has 1 aromatic carbocycles. The van der Waals surface area contributed by atoms with Gasteiger partial charge in [0.1, 0.15) is 0 Å². The first-order chi connectivity index (χ1) is 9.52. The number of carboxylic acid groups (broad SMARTS) is 1. The molecule has 2 N–H and O–H groups in total. The van der Waals surface area contributed by atoms with Crippen LogP contribution in [0.1, 0.15) is 19.4 Å². The maximum Gasteiger partial charge on any atom is 0.336 e. The van der Waals surface area contributed by atoms with Gasteiger partial charge in [-0.3, -0.25) is 0 Å². The van der Waals surface area contributed by atoms with Crippen molar-refractivity contribution in [3.63, 3.8) is 0 Å². The minimum absolute atomic E-state index is 0.0362. The Hall–Kier alpha value is -2.14. The van der Waals surface area contributed by atoms with Gasteiger partial charge in [-0.15, -0.1) is 0 Å². The van der Waals surface area contributed by atoms with Crippen molar-refractivity contribution in [3.8, 4) is 0 Å². The molecular weight excluding hydrogens is 258 g/mol. The van der Waals surface area contributed by atoms with Crippen LogP contribution in [0.15, 0.2) is 35.9 Å². The summed E-state index contributed by atoms with van der Waals surface area (Å²) in [6, 6.07) is 8.13. The van der Waals surface area contributed by atoms with Gasteiger partial charge in [-0.25, -0.2) is 9.59 Å². The van der Waals surface area contributed by atoms with Gasteiger partial charge >= 0.3 is 11.9 Å². The van der Waals surface area contributed by atoms with Crippen molar-refractivity contribution in [2.45, 2.75) is 19.9 Å². The van der Waals surface area contributed by atoms with E-state index < -0.39 is 18.0 Å². The molecular formula is C15H19NO4. The highest BCUT2D eigenvalue weighted by Crippen LogP contribution is 2.22. The fraction of sp³-hybridized carbons (Fsp3) is 0.333. The van der Waals surface area contributed by atoms with E-state index in [1.165, 1.54) is 0 Å². The second-order valence-corrected chi connectivity index (χ2v) is 4.19. The molecule has 1 unspecified atom stereocenters. The Morgan fingerprint density at radius 3 is 2.35 bits per heavy atom. The van der Waals surface area contributed by atoms with Crippen LogP contribution in [-0.2, 0) is 14.3 Å². The monoisotopic (exact) mass is 277 g/mol. The van der Waals surface area contributed by atoms with Crippen molar-refractivity contribution in [3.05, 3.63) is 41.5 Å². The molecule has 20 heavy (non-hydrogen) atoms. The lowest BCUT2D eigenvalue weighted by molar-refractivity contribution is -0.139. The molecule has 0 bridgehead atoms. The van der Waals surface area contributed by atoms with Crippen molar-refractivity contribution in [2.75, 3.05) is 13.7 Å². The molecule has 1 atom stereocenters. The zero-order valence-corrected chi connectivity index (χ0v) is 11.8. The first-order valence-corrected chi connectivity index (χ1v) is 6.40. The van der Waals surface area contributed by atoms with Crippen molar-refractivity contribution >= 4 is 17.5 Å². The van der Waals surface area contributed by atoms with E-state index >= 15 is 0 Å². The van der Waals surface area contributed by atoms with Crippen LogP contribution in [0.5, 0.6) is 0 Å². The zero-order chi connectivity index (χ0) is 15.1. The van der Waals surface area contributed by atoms with Crippen LogP contribution in [0, 0.1) is 0 Å². The molecule has 1 aromatic rings. The minimum atomic E-state index is -1.15. The first kappa shape index (κ1) is 15.9. The van der Waals surface area contributed by atoms with Crippen LogP contribution in [0.25, 0.3) is 5.57 Å². The van der Waals surface area contributed by atoms with Gasteiger partial charge in [0.2, 0.25) is 0 Å². The van der Waals surface area contributed by atoms with E-state index in [-0.39, 0.29) is 17.8 Å². The largest absolute Gasteiger partial charge is 0.478 e. The number of carbonyl (C=O) groups is 2. The summed E-state index contributed by atoms with van der Waals surface area (Å²) in [4.78, 5) is 23.7. The summed E-state index contributed by atoms with van der Waals surface area (Å²) in [6.07, 6.45) is 0. The number of rotatable bonds is 6. The summed E-state index contributed by atoms with van der Waals surface area (Å²) in [7, 11) is 1.66. The molecule has 0 fully saturated rings. The third kappa shape index (κ3) is 3.68. The van der Waals surface area contributed by atoms with E-state index in [0.717, 1.165) is 0 Å². The molecule has 0 aliphatic carbocycles. The molecule has 0 radical (unpaired) electrons. The smallest absolute Gasteiger partial charge is 0.336 e. The minimum Gasteiger partial charge on any atom is -0.478 e. The average Bonchev–Trinajstić information content (AvgIpc) is 2.44. The number of ether oxygens (including phenoxy) is 1. The van der Waals surface area contributed by atoms with Crippen molar-refractivity contribution in [2.24, 2.45) is 0 Å². The molecule has 5 nitrogen and oxygen atoms in total. The molecule has 0 aromatic heterocycles. The maximum absolute atomic E-state index is 12.1. The Morgan fingerprint density at radius 2 is 1.90 bits per heavy atom. The van der Waals surface area contributed by atoms with Crippen LogP contribution in [-0.4, -0.2) is 36.7 Å². The summed E-state index contributed by atoms with van der Waals surface area (Å²) in [5.41, 5.74) is 0.559. The highest BCUT2D eigenvalue weighted by molar-refractivity contribution is 6.22. The van der Waals surface area contributed by atoms with E-state index in [1.807, 2.05) is 0 Å².